The van der Waals surface area contributed by atoms with E-state index >= 15 is 0 Å². The van der Waals surface area contributed by atoms with Gasteiger partial charge in [-0.1, -0.05) is 0 Å². The number of sulfonamides is 1. The molecule has 0 aliphatic rings. The van der Waals surface area contributed by atoms with Crippen molar-refractivity contribution in [2.75, 3.05) is 0 Å². The molecule has 0 fully saturated rings. The van der Waals surface area contributed by atoms with Gasteiger partial charge in [-0.25, -0.2) is 8.42 Å². The van der Waals surface area contributed by atoms with Gasteiger partial charge in [-0.15, -0.1) is 16.2 Å². The van der Waals surface area contributed by atoms with Gasteiger partial charge in [0.25, 0.3) is 21.6 Å². The molecule has 2 aromatic rings. The van der Waals surface area contributed by atoms with Crippen LogP contribution in [0.3, 0.4) is 0 Å². The van der Waals surface area contributed by atoms with Crippen LogP contribution in [0.25, 0.3) is 0 Å². The molecule has 8 nitrogen and oxygen atoms in total. The number of hydrogen-bond acceptors (Lipinski definition) is 6. The number of benzene rings is 1. The molecule has 1 amide bonds. The standard InChI is InChI=1S/C11H8BrN3O5S2/c12-9-5-6-10(21-9)22(19,20)14-13-11(16)7-1-3-8(4-2-7)15(17)18/h1-6,14H,(H,13,16). The number of non-ortho nitro benzene ring substituents is 1. The summed E-state index contributed by atoms with van der Waals surface area (Å²) in [5, 5.41) is 10.5. The Labute approximate surface area is 137 Å². The fourth-order valence-electron chi connectivity index (χ4n) is 1.41. The fourth-order valence-corrected chi connectivity index (χ4v) is 4.26. The Kier molecular flexibility index (Phi) is 4.90. The van der Waals surface area contributed by atoms with E-state index in [4.69, 9.17) is 0 Å². The third kappa shape index (κ3) is 3.88. The van der Waals surface area contributed by atoms with Crippen molar-refractivity contribution in [2.24, 2.45) is 0 Å². The number of carbonyl (C=O) groups is 1. The van der Waals surface area contributed by atoms with E-state index in [1.165, 1.54) is 18.2 Å². The molecule has 1 aromatic carbocycles. The zero-order chi connectivity index (χ0) is 16.3. The Morgan fingerprint density at radius 2 is 1.82 bits per heavy atom. The molecule has 0 saturated carbocycles. The molecule has 0 saturated heterocycles. The monoisotopic (exact) mass is 405 g/mol. The summed E-state index contributed by atoms with van der Waals surface area (Å²) in [5.41, 5.74) is 1.96. The second-order valence-electron chi connectivity index (χ2n) is 3.92. The zero-order valence-electron chi connectivity index (χ0n) is 10.6. The summed E-state index contributed by atoms with van der Waals surface area (Å²) in [6.45, 7) is 0. The SMILES string of the molecule is O=C(NNS(=O)(=O)c1ccc(Br)s1)c1ccc([N+](=O)[O-])cc1. The number of rotatable bonds is 5. The second-order valence-corrected chi connectivity index (χ2v) is 8.29. The summed E-state index contributed by atoms with van der Waals surface area (Å²) in [7, 11) is -3.87. The van der Waals surface area contributed by atoms with Crippen LogP contribution >= 0.6 is 27.3 Å². The Balaban J connectivity index is 2.05. The average molecular weight is 406 g/mol. The molecular formula is C11H8BrN3O5S2. The number of nitro benzene ring substituents is 1. The highest BCUT2D eigenvalue weighted by molar-refractivity contribution is 9.11. The summed E-state index contributed by atoms with van der Waals surface area (Å²) >= 11 is 4.13. The van der Waals surface area contributed by atoms with Gasteiger partial charge in [0.15, 0.2) is 0 Å². The largest absolute Gasteiger partial charge is 0.273 e. The summed E-state index contributed by atoms with van der Waals surface area (Å²) in [4.78, 5) is 23.7. The first kappa shape index (κ1) is 16.5. The first-order chi connectivity index (χ1) is 10.3. The minimum Gasteiger partial charge on any atom is -0.273 e. The predicted molar refractivity (Wildman–Crippen MR) is 82.9 cm³/mol. The van der Waals surface area contributed by atoms with E-state index in [0.29, 0.717) is 3.79 Å². The van der Waals surface area contributed by atoms with Crippen LogP contribution in [0.5, 0.6) is 0 Å². The quantitative estimate of drug-likeness (QED) is 0.582. The molecule has 0 spiro atoms. The minimum atomic E-state index is -3.87. The molecule has 0 atom stereocenters. The Morgan fingerprint density at radius 3 is 2.32 bits per heavy atom. The number of thiophene rings is 1. The lowest BCUT2D eigenvalue weighted by Crippen LogP contribution is -2.41. The number of hydrogen-bond donors (Lipinski definition) is 2. The van der Waals surface area contributed by atoms with Crippen molar-refractivity contribution in [1.29, 1.82) is 0 Å². The van der Waals surface area contributed by atoms with Crippen LogP contribution in [0.4, 0.5) is 5.69 Å². The van der Waals surface area contributed by atoms with Crippen molar-refractivity contribution in [1.82, 2.24) is 10.3 Å². The van der Waals surface area contributed by atoms with E-state index in [2.05, 4.69) is 15.9 Å². The lowest BCUT2D eigenvalue weighted by molar-refractivity contribution is -0.384. The van der Waals surface area contributed by atoms with E-state index in [0.717, 1.165) is 23.5 Å². The number of nitrogens with zero attached hydrogens (tertiary/aromatic N) is 1. The van der Waals surface area contributed by atoms with Crippen molar-refractivity contribution < 1.29 is 18.1 Å². The Bertz CT molecular complexity index is 817. The highest BCUT2D eigenvalue weighted by atomic mass is 79.9. The zero-order valence-corrected chi connectivity index (χ0v) is 13.9. The maximum Gasteiger partial charge on any atom is 0.269 e. The van der Waals surface area contributed by atoms with Crippen LogP contribution in [0.1, 0.15) is 10.4 Å². The summed E-state index contributed by atoms with van der Waals surface area (Å²) in [6.07, 6.45) is 0. The van der Waals surface area contributed by atoms with E-state index in [1.807, 2.05) is 10.3 Å². The fraction of sp³-hybridized carbons (Fsp3) is 0. The molecule has 0 unspecified atom stereocenters. The van der Waals surface area contributed by atoms with Gasteiger partial charge in [0, 0.05) is 17.7 Å². The lowest BCUT2D eigenvalue weighted by Gasteiger charge is -2.06. The van der Waals surface area contributed by atoms with Crippen molar-refractivity contribution in [2.45, 2.75) is 4.21 Å². The molecule has 0 aliphatic heterocycles. The molecule has 2 rings (SSSR count). The van der Waals surface area contributed by atoms with Crippen LogP contribution in [-0.2, 0) is 10.0 Å². The molecule has 0 bridgehead atoms. The van der Waals surface area contributed by atoms with Gasteiger partial charge >= 0.3 is 0 Å². The van der Waals surface area contributed by atoms with Crippen molar-refractivity contribution in [3.63, 3.8) is 0 Å². The molecule has 2 N–H and O–H groups in total. The molecule has 1 aromatic heterocycles. The second kappa shape index (κ2) is 6.52. The van der Waals surface area contributed by atoms with Gasteiger partial charge in [0.05, 0.1) is 8.71 Å². The van der Waals surface area contributed by atoms with Crippen LogP contribution in [-0.4, -0.2) is 19.2 Å². The highest BCUT2D eigenvalue weighted by Crippen LogP contribution is 2.25. The summed E-state index contributed by atoms with van der Waals surface area (Å²) < 4.78 is 24.5. The smallest absolute Gasteiger partial charge is 0.269 e. The maximum atomic E-state index is 11.9. The summed E-state index contributed by atoms with van der Waals surface area (Å²) in [5.74, 6) is -0.728. The van der Waals surface area contributed by atoms with Crippen LogP contribution < -0.4 is 10.3 Å². The molecule has 0 aliphatic carbocycles. The third-order valence-corrected chi connectivity index (χ3v) is 5.82. The van der Waals surface area contributed by atoms with E-state index in [9.17, 15) is 23.3 Å². The van der Waals surface area contributed by atoms with Crippen molar-refractivity contribution in [3.05, 3.63) is 55.9 Å². The first-order valence-corrected chi connectivity index (χ1v) is 8.71. The molecule has 116 valence electrons. The van der Waals surface area contributed by atoms with E-state index in [-0.39, 0.29) is 15.5 Å². The van der Waals surface area contributed by atoms with Crippen LogP contribution in [0, 0.1) is 10.1 Å². The molecule has 22 heavy (non-hydrogen) atoms. The van der Waals surface area contributed by atoms with Crippen LogP contribution in [0.2, 0.25) is 0 Å². The lowest BCUT2D eigenvalue weighted by atomic mass is 10.2. The predicted octanol–water partition coefficient (Wildman–Crippen LogP) is 2.04. The Hall–Kier alpha value is -1.82. The van der Waals surface area contributed by atoms with Gasteiger partial charge in [-0.2, -0.15) is 0 Å². The number of hydrazine groups is 1. The minimum absolute atomic E-state index is 0.0309. The number of halogens is 1. The van der Waals surface area contributed by atoms with Gasteiger partial charge in [-0.05, 0) is 40.2 Å². The third-order valence-electron chi connectivity index (χ3n) is 2.45. The number of carbonyl (C=O) groups excluding carboxylic acids is 1. The van der Waals surface area contributed by atoms with Gasteiger partial charge in [0.1, 0.15) is 4.21 Å². The van der Waals surface area contributed by atoms with Crippen molar-refractivity contribution >= 4 is 48.9 Å². The van der Waals surface area contributed by atoms with Crippen molar-refractivity contribution in [3.8, 4) is 0 Å². The van der Waals surface area contributed by atoms with E-state index in [1.54, 1.807) is 6.07 Å². The molecule has 1 heterocycles. The van der Waals surface area contributed by atoms with Gasteiger partial charge in [-0.3, -0.25) is 20.3 Å². The number of amides is 1. The number of nitrogens with one attached hydrogen (secondary N) is 2. The first-order valence-electron chi connectivity index (χ1n) is 5.61. The highest BCUT2D eigenvalue weighted by Gasteiger charge is 2.18. The number of nitro groups is 1. The average Bonchev–Trinajstić information content (AvgIpc) is 2.92. The topological polar surface area (TPSA) is 118 Å². The molecule has 11 heteroatoms. The molecule has 0 radical (unpaired) electrons. The van der Waals surface area contributed by atoms with Gasteiger partial charge < -0.3 is 0 Å². The maximum absolute atomic E-state index is 11.9. The molecular weight excluding hydrogens is 398 g/mol. The van der Waals surface area contributed by atoms with Crippen LogP contribution in [0.15, 0.2) is 44.4 Å². The van der Waals surface area contributed by atoms with E-state index < -0.39 is 20.9 Å². The normalized spacial score (nSPS) is 11.1. The Morgan fingerprint density at radius 1 is 1.18 bits per heavy atom. The summed E-state index contributed by atoms with van der Waals surface area (Å²) in [6, 6.07) is 7.71. The van der Waals surface area contributed by atoms with Gasteiger partial charge in [0.2, 0.25) is 0 Å².